The number of hydrogen-bond acceptors (Lipinski definition) is 4. The molecule has 1 aromatic heterocycles. The zero-order valence-corrected chi connectivity index (χ0v) is 9.26. The summed E-state index contributed by atoms with van der Waals surface area (Å²) in [7, 11) is 1.41. The molecule has 1 heterocycles. The third-order valence-electron chi connectivity index (χ3n) is 1.93. The molecule has 0 aliphatic carbocycles. The number of hydrogen-bond donors (Lipinski definition) is 1. The average molecular weight is 213 g/mol. The van der Waals surface area contributed by atoms with Crippen LogP contribution >= 0.6 is 11.3 Å². The van der Waals surface area contributed by atoms with E-state index in [4.69, 9.17) is 0 Å². The van der Waals surface area contributed by atoms with Crippen LogP contribution in [0.5, 0.6) is 0 Å². The summed E-state index contributed by atoms with van der Waals surface area (Å²) in [5.74, 6) is -0.247. The van der Waals surface area contributed by atoms with Crippen LogP contribution in [0.25, 0.3) is 0 Å². The van der Waals surface area contributed by atoms with Crippen molar-refractivity contribution >= 4 is 17.3 Å². The third-order valence-corrected chi connectivity index (χ3v) is 2.81. The summed E-state index contributed by atoms with van der Waals surface area (Å²) >= 11 is 1.71. The van der Waals surface area contributed by atoms with Crippen LogP contribution in [-0.4, -0.2) is 19.6 Å². The molecular formula is C10H15NO2S. The first kappa shape index (κ1) is 11.2. The summed E-state index contributed by atoms with van der Waals surface area (Å²) in [6.07, 6.45) is 0. The minimum absolute atomic E-state index is 0.0834. The molecule has 0 bridgehead atoms. The van der Waals surface area contributed by atoms with E-state index in [0.717, 1.165) is 6.54 Å². The Bertz CT molecular complexity index is 272. The van der Waals surface area contributed by atoms with Crippen molar-refractivity contribution in [2.45, 2.75) is 13.5 Å². The van der Waals surface area contributed by atoms with Crippen molar-refractivity contribution in [1.29, 1.82) is 0 Å². The van der Waals surface area contributed by atoms with Crippen LogP contribution in [0.3, 0.4) is 0 Å². The molecule has 0 spiro atoms. The fraction of sp³-hybridized carbons (Fsp3) is 0.500. The van der Waals surface area contributed by atoms with Gasteiger partial charge < -0.3 is 10.1 Å². The molecule has 1 N–H and O–H groups in total. The van der Waals surface area contributed by atoms with E-state index < -0.39 is 0 Å². The van der Waals surface area contributed by atoms with Gasteiger partial charge in [-0.25, -0.2) is 0 Å². The fourth-order valence-electron chi connectivity index (χ4n) is 1.11. The zero-order valence-electron chi connectivity index (χ0n) is 8.45. The summed E-state index contributed by atoms with van der Waals surface area (Å²) in [6, 6.07) is 4.09. The molecule has 0 aliphatic heterocycles. The lowest BCUT2D eigenvalue weighted by atomic mass is 10.2. The first-order valence-corrected chi connectivity index (χ1v) is 5.43. The molecule has 0 aromatic carbocycles. The van der Waals surface area contributed by atoms with Crippen molar-refractivity contribution < 1.29 is 9.53 Å². The minimum atomic E-state index is -0.163. The van der Waals surface area contributed by atoms with Gasteiger partial charge in [-0.05, 0) is 11.4 Å². The van der Waals surface area contributed by atoms with E-state index in [1.165, 1.54) is 12.0 Å². The van der Waals surface area contributed by atoms with Gasteiger partial charge in [-0.15, -0.1) is 11.3 Å². The summed E-state index contributed by atoms with van der Waals surface area (Å²) in [4.78, 5) is 12.3. The predicted molar refractivity (Wildman–Crippen MR) is 57.2 cm³/mol. The molecule has 0 saturated carbocycles. The average Bonchev–Trinajstić information content (AvgIpc) is 2.69. The largest absolute Gasteiger partial charge is 0.469 e. The SMILES string of the molecule is COC(=O)C(C)CNCc1cccs1. The monoisotopic (exact) mass is 213 g/mol. The van der Waals surface area contributed by atoms with Crippen LogP contribution in [0, 0.1) is 5.92 Å². The highest BCUT2D eigenvalue weighted by molar-refractivity contribution is 7.09. The van der Waals surface area contributed by atoms with Crippen LogP contribution in [0.15, 0.2) is 17.5 Å². The number of nitrogens with one attached hydrogen (secondary N) is 1. The second-order valence-corrected chi connectivity index (χ2v) is 4.17. The maximum atomic E-state index is 11.0. The number of thiophene rings is 1. The number of carbonyl (C=O) groups is 1. The second-order valence-electron chi connectivity index (χ2n) is 3.13. The van der Waals surface area contributed by atoms with Crippen LogP contribution in [0.2, 0.25) is 0 Å². The Morgan fingerprint density at radius 1 is 1.71 bits per heavy atom. The number of methoxy groups -OCH3 is 1. The molecular weight excluding hydrogens is 198 g/mol. The first-order chi connectivity index (χ1) is 6.74. The Kier molecular flexibility index (Phi) is 4.62. The van der Waals surface area contributed by atoms with Crippen LogP contribution in [-0.2, 0) is 16.1 Å². The Hall–Kier alpha value is -0.870. The number of ether oxygens (including phenoxy) is 1. The van der Waals surface area contributed by atoms with Crippen molar-refractivity contribution in [3.05, 3.63) is 22.4 Å². The van der Waals surface area contributed by atoms with Gasteiger partial charge in [0.15, 0.2) is 0 Å². The van der Waals surface area contributed by atoms with Crippen LogP contribution in [0.4, 0.5) is 0 Å². The summed E-state index contributed by atoms with van der Waals surface area (Å²) < 4.78 is 4.62. The maximum Gasteiger partial charge on any atom is 0.309 e. The number of rotatable bonds is 5. The lowest BCUT2D eigenvalue weighted by Gasteiger charge is -2.09. The van der Waals surface area contributed by atoms with Gasteiger partial charge in [-0.2, -0.15) is 0 Å². The summed E-state index contributed by atoms with van der Waals surface area (Å²) in [5.41, 5.74) is 0. The standard InChI is InChI=1S/C10H15NO2S/c1-8(10(12)13-2)6-11-7-9-4-3-5-14-9/h3-5,8,11H,6-7H2,1-2H3. The van der Waals surface area contributed by atoms with Gasteiger partial charge in [0.1, 0.15) is 0 Å². The second kappa shape index (κ2) is 5.78. The van der Waals surface area contributed by atoms with Gasteiger partial charge in [-0.3, -0.25) is 4.79 Å². The molecule has 78 valence electrons. The topological polar surface area (TPSA) is 38.3 Å². The molecule has 0 radical (unpaired) electrons. The van der Waals surface area contributed by atoms with Gasteiger partial charge in [0, 0.05) is 18.0 Å². The van der Waals surface area contributed by atoms with Crippen molar-refractivity contribution in [3.63, 3.8) is 0 Å². The smallest absolute Gasteiger partial charge is 0.309 e. The zero-order chi connectivity index (χ0) is 10.4. The first-order valence-electron chi connectivity index (χ1n) is 4.55. The number of esters is 1. The molecule has 0 saturated heterocycles. The van der Waals surface area contributed by atoms with Crippen molar-refractivity contribution in [2.75, 3.05) is 13.7 Å². The lowest BCUT2D eigenvalue weighted by Crippen LogP contribution is -2.26. The molecule has 4 heteroatoms. The van der Waals surface area contributed by atoms with Crippen molar-refractivity contribution in [1.82, 2.24) is 5.32 Å². The predicted octanol–water partition coefficient (Wildman–Crippen LogP) is 1.65. The van der Waals surface area contributed by atoms with Gasteiger partial charge in [0.25, 0.3) is 0 Å². The molecule has 14 heavy (non-hydrogen) atoms. The maximum absolute atomic E-state index is 11.0. The molecule has 3 nitrogen and oxygen atoms in total. The Labute approximate surface area is 88.1 Å². The normalized spacial score (nSPS) is 12.4. The van der Waals surface area contributed by atoms with E-state index in [1.54, 1.807) is 11.3 Å². The number of carbonyl (C=O) groups excluding carboxylic acids is 1. The summed E-state index contributed by atoms with van der Waals surface area (Å²) in [6.45, 7) is 3.33. The fourth-order valence-corrected chi connectivity index (χ4v) is 1.78. The van der Waals surface area contributed by atoms with Crippen LogP contribution < -0.4 is 5.32 Å². The van der Waals surface area contributed by atoms with E-state index in [2.05, 4.69) is 16.1 Å². The van der Waals surface area contributed by atoms with Gasteiger partial charge in [0.05, 0.1) is 13.0 Å². The minimum Gasteiger partial charge on any atom is -0.469 e. The molecule has 1 rings (SSSR count). The van der Waals surface area contributed by atoms with E-state index in [-0.39, 0.29) is 11.9 Å². The summed E-state index contributed by atoms with van der Waals surface area (Å²) in [5, 5.41) is 5.25. The Morgan fingerprint density at radius 2 is 2.50 bits per heavy atom. The quantitative estimate of drug-likeness (QED) is 0.756. The van der Waals surface area contributed by atoms with Crippen molar-refractivity contribution in [3.8, 4) is 0 Å². The van der Waals surface area contributed by atoms with Gasteiger partial charge in [-0.1, -0.05) is 13.0 Å². The molecule has 0 fully saturated rings. The van der Waals surface area contributed by atoms with E-state index in [9.17, 15) is 4.79 Å². The third kappa shape index (κ3) is 3.47. The molecule has 1 unspecified atom stereocenters. The van der Waals surface area contributed by atoms with Gasteiger partial charge in [0.2, 0.25) is 0 Å². The Morgan fingerprint density at radius 3 is 3.07 bits per heavy atom. The molecule has 0 amide bonds. The molecule has 1 aromatic rings. The highest BCUT2D eigenvalue weighted by Crippen LogP contribution is 2.07. The molecule has 0 aliphatic rings. The van der Waals surface area contributed by atoms with E-state index in [1.807, 2.05) is 18.4 Å². The Balaban J connectivity index is 2.18. The lowest BCUT2D eigenvalue weighted by molar-refractivity contribution is -0.144. The molecule has 1 atom stereocenters. The van der Waals surface area contributed by atoms with Gasteiger partial charge >= 0.3 is 5.97 Å². The highest BCUT2D eigenvalue weighted by atomic mass is 32.1. The van der Waals surface area contributed by atoms with Crippen molar-refractivity contribution in [2.24, 2.45) is 5.92 Å². The van der Waals surface area contributed by atoms with Crippen LogP contribution in [0.1, 0.15) is 11.8 Å². The highest BCUT2D eigenvalue weighted by Gasteiger charge is 2.11. The van der Waals surface area contributed by atoms with E-state index in [0.29, 0.717) is 6.54 Å². The van der Waals surface area contributed by atoms with E-state index >= 15 is 0 Å².